The molecule has 2 aromatic rings. The van der Waals surface area contributed by atoms with Crippen LogP contribution in [0.3, 0.4) is 0 Å². The van der Waals surface area contributed by atoms with Gasteiger partial charge in [0.1, 0.15) is 28.1 Å². The van der Waals surface area contributed by atoms with Crippen LogP contribution in [0.4, 0.5) is 14.5 Å². The molecule has 0 saturated carbocycles. The zero-order chi connectivity index (χ0) is 26.1. The highest BCUT2D eigenvalue weighted by atomic mass is 35.5. The monoisotopic (exact) mass is 533 g/mol. The van der Waals surface area contributed by atoms with Crippen LogP contribution >= 0.6 is 11.6 Å². The van der Waals surface area contributed by atoms with E-state index in [0.717, 1.165) is 4.31 Å². The van der Waals surface area contributed by atoms with Gasteiger partial charge in [0.15, 0.2) is 5.15 Å². The molecule has 0 unspecified atom stereocenters. The van der Waals surface area contributed by atoms with Gasteiger partial charge in [-0.15, -0.1) is 0 Å². The molecule has 0 fully saturated rings. The minimum Gasteiger partial charge on any atom is -0.486 e. The van der Waals surface area contributed by atoms with E-state index in [0.29, 0.717) is 11.8 Å². The van der Waals surface area contributed by atoms with Crippen molar-refractivity contribution < 1.29 is 36.3 Å². The number of Topliss-reactive ketones (excluding diaryl/α,β-unsaturated/α-hetero) is 1. The largest absolute Gasteiger partial charge is 0.486 e. The minimum atomic E-state index is -4.46. The maximum absolute atomic E-state index is 13.5. The molecule has 1 aromatic heterocycles. The van der Waals surface area contributed by atoms with Gasteiger partial charge >= 0.3 is 12.5 Å². The van der Waals surface area contributed by atoms with Crippen LogP contribution in [0.2, 0.25) is 5.15 Å². The third-order valence-corrected chi connectivity index (χ3v) is 7.14. The number of carbonyl (C=O) groups excluding carboxylic acids is 2. The third kappa shape index (κ3) is 6.49. The number of nitrogens with zero attached hydrogens (tertiary/aromatic N) is 3. The summed E-state index contributed by atoms with van der Waals surface area (Å²) in [5, 5.41) is 2.78. The van der Waals surface area contributed by atoms with Crippen molar-refractivity contribution in [3.8, 4) is 5.75 Å². The zero-order valence-corrected chi connectivity index (χ0v) is 21.2. The summed E-state index contributed by atoms with van der Waals surface area (Å²) in [6, 6.07) is 4.58. The maximum atomic E-state index is 13.5. The number of aromatic nitrogens is 2. The highest BCUT2D eigenvalue weighted by Gasteiger charge is 2.37. The standard InChI is InChI=1S/C22H26ClF2N3O6S/c1-13(29)5-7-15-11-28(35(31,32)18-12-27(21(24)25)26-20(18)23)16-9-14(6-8-17(16)33-15)10-19(30)34-22(2,3)4/h6,8-9,12,15,21H,5,7,10-11H2,1-4H3/t15-/m0/s1. The van der Waals surface area contributed by atoms with Crippen LogP contribution in [-0.2, 0) is 30.8 Å². The van der Waals surface area contributed by atoms with E-state index >= 15 is 0 Å². The fourth-order valence-electron chi connectivity index (χ4n) is 3.50. The SMILES string of the molecule is CC(=O)CC[C@H]1CN(S(=O)(=O)c2cn(C(F)F)nc2Cl)c2cc(CC(=O)OC(C)(C)C)ccc2O1. The summed E-state index contributed by atoms with van der Waals surface area (Å²) in [6.07, 6.45) is 0.254. The summed E-state index contributed by atoms with van der Waals surface area (Å²) in [7, 11) is -4.46. The summed E-state index contributed by atoms with van der Waals surface area (Å²) < 4.78 is 65.6. The quantitative estimate of drug-likeness (QED) is 0.469. The molecule has 1 aliphatic rings. The Bertz CT molecular complexity index is 1230. The molecular formula is C22H26ClF2N3O6S. The normalized spacial score (nSPS) is 16.1. The molecule has 3 rings (SSSR count). The molecule has 13 heteroatoms. The number of ketones is 1. The summed E-state index contributed by atoms with van der Waals surface area (Å²) in [5.41, 5.74) is -0.140. The average Bonchev–Trinajstić information content (AvgIpc) is 3.13. The van der Waals surface area contributed by atoms with Crippen molar-refractivity contribution in [2.45, 2.75) is 70.1 Å². The number of hydrogen-bond acceptors (Lipinski definition) is 7. The van der Waals surface area contributed by atoms with Gasteiger partial charge in [0.2, 0.25) is 0 Å². The maximum Gasteiger partial charge on any atom is 0.333 e. The molecule has 0 aliphatic carbocycles. The summed E-state index contributed by atoms with van der Waals surface area (Å²) >= 11 is 5.91. The lowest BCUT2D eigenvalue weighted by molar-refractivity contribution is -0.153. The van der Waals surface area contributed by atoms with Crippen LogP contribution in [-0.4, -0.2) is 48.2 Å². The number of sulfonamides is 1. The number of rotatable bonds is 8. The molecule has 0 saturated heterocycles. The van der Waals surface area contributed by atoms with Crippen LogP contribution in [0.25, 0.3) is 0 Å². The first kappa shape index (κ1) is 26.9. The van der Waals surface area contributed by atoms with Crippen LogP contribution < -0.4 is 9.04 Å². The number of fused-ring (bicyclic) bond motifs is 1. The molecule has 192 valence electrons. The molecule has 0 spiro atoms. The first-order chi connectivity index (χ1) is 16.2. The zero-order valence-electron chi connectivity index (χ0n) is 19.6. The van der Waals surface area contributed by atoms with Crippen molar-refractivity contribution in [1.82, 2.24) is 9.78 Å². The molecule has 0 N–H and O–H groups in total. The number of alkyl halides is 2. The van der Waals surface area contributed by atoms with E-state index < -0.39 is 44.3 Å². The average molecular weight is 534 g/mol. The first-order valence-corrected chi connectivity index (χ1v) is 12.6. The molecule has 1 atom stereocenters. The second-order valence-corrected chi connectivity index (χ2v) is 11.3. The van der Waals surface area contributed by atoms with Gasteiger partial charge in [0.05, 0.1) is 24.8 Å². The minimum absolute atomic E-state index is 0.0947. The second-order valence-electron chi connectivity index (χ2n) is 9.12. The Balaban J connectivity index is 2.02. The van der Waals surface area contributed by atoms with Gasteiger partial charge in [0.25, 0.3) is 10.0 Å². The number of benzene rings is 1. The molecule has 0 bridgehead atoms. The Morgan fingerprint density at radius 3 is 2.57 bits per heavy atom. The predicted octanol–water partition coefficient (Wildman–Crippen LogP) is 4.14. The lowest BCUT2D eigenvalue weighted by atomic mass is 10.1. The molecule has 1 aliphatic heterocycles. The molecule has 35 heavy (non-hydrogen) atoms. The van der Waals surface area contributed by atoms with E-state index in [4.69, 9.17) is 21.1 Å². The summed E-state index contributed by atoms with van der Waals surface area (Å²) in [5.74, 6) is -0.411. The van der Waals surface area contributed by atoms with E-state index in [1.807, 2.05) is 0 Å². The second kappa shape index (κ2) is 10.1. The number of esters is 1. The Kier molecular flexibility index (Phi) is 7.75. The van der Waals surface area contributed by atoms with E-state index in [9.17, 15) is 26.8 Å². The van der Waals surface area contributed by atoms with Crippen LogP contribution in [0.15, 0.2) is 29.3 Å². The van der Waals surface area contributed by atoms with Crippen molar-refractivity contribution in [3.63, 3.8) is 0 Å². The van der Waals surface area contributed by atoms with Gasteiger partial charge in [-0.2, -0.15) is 13.9 Å². The number of carbonyl (C=O) groups is 2. The van der Waals surface area contributed by atoms with Gasteiger partial charge in [-0.25, -0.2) is 13.1 Å². The Labute approximate surface area is 207 Å². The number of ether oxygens (including phenoxy) is 2. The molecule has 0 amide bonds. The lowest BCUT2D eigenvalue weighted by Crippen LogP contribution is -2.43. The molecule has 0 radical (unpaired) electrons. The molecular weight excluding hydrogens is 508 g/mol. The van der Waals surface area contributed by atoms with Crippen molar-refractivity contribution >= 4 is 39.1 Å². The van der Waals surface area contributed by atoms with Crippen LogP contribution in [0.5, 0.6) is 5.75 Å². The predicted molar refractivity (Wildman–Crippen MR) is 123 cm³/mol. The lowest BCUT2D eigenvalue weighted by Gasteiger charge is -2.35. The Morgan fingerprint density at radius 2 is 2.00 bits per heavy atom. The topological polar surface area (TPSA) is 108 Å². The summed E-state index contributed by atoms with van der Waals surface area (Å²) in [6.45, 7) is 3.30. The van der Waals surface area contributed by atoms with Crippen molar-refractivity contribution in [1.29, 1.82) is 0 Å². The Morgan fingerprint density at radius 1 is 1.31 bits per heavy atom. The van der Waals surface area contributed by atoms with Crippen LogP contribution in [0.1, 0.15) is 52.6 Å². The van der Waals surface area contributed by atoms with E-state index in [1.165, 1.54) is 19.1 Å². The van der Waals surface area contributed by atoms with Crippen molar-refractivity contribution in [2.24, 2.45) is 0 Å². The van der Waals surface area contributed by atoms with E-state index in [-0.39, 0.29) is 47.7 Å². The highest BCUT2D eigenvalue weighted by Crippen LogP contribution is 2.40. The first-order valence-electron chi connectivity index (χ1n) is 10.7. The van der Waals surface area contributed by atoms with Gasteiger partial charge in [0, 0.05) is 6.42 Å². The fourth-order valence-corrected chi connectivity index (χ4v) is 5.42. The number of anilines is 1. The van der Waals surface area contributed by atoms with Crippen molar-refractivity contribution in [3.05, 3.63) is 35.1 Å². The van der Waals surface area contributed by atoms with E-state index in [2.05, 4.69) is 5.10 Å². The van der Waals surface area contributed by atoms with Gasteiger partial charge in [-0.05, 0) is 51.8 Å². The number of halogens is 3. The fraction of sp³-hybridized carbons (Fsp3) is 0.500. The third-order valence-electron chi connectivity index (χ3n) is 4.97. The highest BCUT2D eigenvalue weighted by molar-refractivity contribution is 7.93. The van der Waals surface area contributed by atoms with Gasteiger partial charge < -0.3 is 14.3 Å². The molecule has 1 aromatic carbocycles. The number of hydrogen-bond donors (Lipinski definition) is 0. The Hall–Kier alpha value is -2.73. The molecule has 9 nitrogen and oxygen atoms in total. The van der Waals surface area contributed by atoms with Gasteiger partial charge in [-0.3, -0.25) is 9.10 Å². The summed E-state index contributed by atoms with van der Waals surface area (Å²) in [4.78, 5) is 23.1. The molecule has 2 heterocycles. The van der Waals surface area contributed by atoms with E-state index in [1.54, 1.807) is 26.8 Å². The van der Waals surface area contributed by atoms with Crippen molar-refractivity contribution in [2.75, 3.05) is 10.8 Å². The van der Waals surface area contributed by atoms with Gasteiger partial charge in [-0.1, -0.05) is 17.7 Å². The van der Waals surface area contributed by atoms with Crippen LogP contribution in [0, 0.1) is 0 Å². The smallest absolute Gasteiger partial charge is 0.333 e.